The number of aromatic amines is 1. The number of aryl methyl sites for hydroxylation is 1. The smallest absolute Gasteiger partial charge is 0.191 e. The third-order valence-electron chi connectivity index (χ3n) is 11.0. The molecule has 9 N–H and O–H groups in total. The number of nitrogens with one attached hydrogen (secondary N) is 1. The van der Waals surface area contributed by atoms with E-state index in [0.717, 1.165) is 59.7 Å². The van der Waals surface area contributed by atoms with Gasteiger partial charge in [-0.2, -0.15) is 0 Å². The molecule has 5 atom stereocenters. The number of aliphatic hydroxyl groups excluding tert-OH is 3. The second-order valence-electron chi connectivity index (χ2n) is 14.9. The average molecular weight is 721 g/mol. The molecule has 2 aliphatic heterocycles. The van der Waals surface area contributed by atoms with Crippen molar-refractivity contribution in [3.63, 3.8) is 0 Å². The summed E-state index contributed by atoms with van der Waals surface area (Å²) in [4.78, 5) is 16.3. The Kier molecular flexibility index (Phi) is 10.6. The number of phenolic OH excluding ortho intramolecular Hbond substituents is 1. The fourth-order valence-corrected chi connectivity index (χ4v) is 8.15. The number of ketones is 1. The van der Waals surface area contributed by atoms with Gasteiger partial charge in [0.2, 0.25) is 0 Å². The Morgan fingerprint density at radius 1 is 1.08 bits per heavy atom. The van der Waals surface area contributed by atoms with Gasteiger partial charge in [0.25, 0.3) is 0 Å². The monoisotopic (exact) mass is 720 g/mol. The van der Waals surface area contributed by atoms with Crippen LogP contribution in [0.2, 0.25) is 0 Å². The van der Waals surface area contributed by atoms with Crippen LogP contribution in [0.15, 0.2) is 48.9 Å². The molecule has 1 fully saturated rings. The first-order valence-corrected chi connectivity index (χ1v) is 18.6. The normalized spacial score (nSPS) is 21.2. The van der Waals surface area contributed by atoms with Gasteiger partial charge in [0.15, 0.2) is 17.7 Å². The summed E-state index contributed by atoms with van der Waals surface area (Å²) in [5.41, 5.74) is 16.2. The summed E-state index contributed by atoms with van der Waals surface area (Å²) in [5.74, 6) is 9.87. The van der Waals surface area contributed by atoms with Gasteiger partial charge in [0.1, 0.15) is 23.7 Å². The van der Waals surface area contributed by atoms with Crippen LogP contribution in [0.4, 0.5) is 0 Å². The third-order valence-corrected chi connectivity index (χ3v) is 11.0. The first-order valence-electron chi connectivity index (χ1n) is 18.6. The lowest BCUT2D eigenvalue weighted by atomic mass is 9.73. The zero-order valence-electron chi connectivity index (χ0n) is 30.0. The number of nitrogens with zero attached hydrogens (tertiary/aromatic N) is 1. The van der Waals surface area contributed by atoms with Crippen molar-refractivity contribution in [2.75, 3.05) is 0 Å². The van der Waals surface area contributed by atoms with Crippen LogP contribution in [0.5, 0.6) is 17.2 Å². The van der Waals surface area contributed by atoms with Crippen LogP contribution in [0.3, 0.4) is 0 Å². The van der Waals surface area contributed by atoms with Crippen LogP contribution < -0.4 is 20.9 Å². The molecule has 7 rings (SSSR count). The number of nitrogens with two attached hydrogens (primary N) is 2. The van der Waals surface area contributed by atoms with Crippen molar-refractivity contribution in [1.82, 2.24) is 9.55 Å². The van der Waals surface area contributed by atoms with Gasteiger partial charge in [-0.3, -0.25) is 4.79 Å². The first-order chi connectivity index (χ1) is 25.5. The Morgan fingerprint density at radius 2 is 1.89 bits per heavy atom. The maximum absolute atomic E-state index is 12.9. The van der Waals surface area contributed by atoms with E-state index in [4.69, 9.17) is 20.9 Å². The molecule has 4 aromatic rings. The largest absolute Gasteiger partial charge is 0.508 e. The van der Waals surface area contributed by atoms with Crippen molar-refractivity contribution in [1.29, 1.82) is 0 Å². The highest BCUT2D eigenvalue weighted by molar-refractivity contribution is 5.83. The second kappa shape index (κ2) is 15.3. The van der Waals surface area contributed by atoms with Crippen LogP contribution in [0.25, 0.3) is 10.9 Å². The number of H-pyrrole nitrogens is 1. The highest BCUT2D eigenvalue weighted by Crippen LogP contribution is 2.50. The van der Waals surface area contributed by atoms with E-state index in [9.17, 15) is 25.2 Å². The molecule has 2 aromatic carbocycles. The predicted molar refractivity (Wildman–Crippen MR) is 199 cm³/mol. The Labute approximate surface area is 309 Å². The molecule has 2 aromatic heterocycles. The highest BCUT2D eigenvalue weighted by atomic mass is 16.5. The number of rotatable bonds is 10. The van der Waals surface area contributed by atoms with E-state index >= 15 is 0 Å². The molecule has 0 unspecified atom stereocenters. The van der Waals surface area contributed by atoms with Gasteiger partial charge >= 0.3 is 0 Å². The number of phenols is 1. The van der Waals surface area contributed by atoms with Gasteiger partial charge in [-0.05, 0) is 66.0 Å². The molecule has 4 heterocycles. The van der Waals surface area contributed by atoms with Gasteiger partial charge in [-0.15, -0.1) is 0 Å². The SMILES string of the molecule is CCC[C@H](O)C[C@@H](O)CC(=O)CCc1cc2c(cc1O)OC#CC1(CCCC1)[C@@H]1C#C[C@H](O)c3ccc(C(N)N)cc3Cc3c[nH]c4cn(cc34)[C@@H]1O2. The lowest BCUT2D eigenvalue weighted by molar-refractivity contribution is -0.121. The number of aliphatic hydroxyl groups is 3. The zero-order valence-corrected chi connectivity index (χ0v) is 30.0. The molecule has 11 heteroatoms. The molecule has 3 aliphatic rings. The molecule has 0 radical (unpaired) electrons. The number of Topliss-reactive ketones (excluding diaryl/α,β-unsaturated/α-hetero) is 1. The van der Waals surface area contributed by atoms with Crippen LogP contribution >= 0.6 is 0 Å². The van der Waals surface area contributed by atoms with E-state index in [1.54, 1.807) is 6.07 Å². The van der Waals surface area contributed by atoms with Crippen molar-refractivity contribution in [3.8, 4) is 41.1 Å². The lowest BCUT2D eigenvalue weighted by Gasteiger charge is -2.35. The molecule has 1 aliphatic carbocycles. The van der Waals surface area contributed by atoms with Crippen molar-refractivity contribution < 1.29 is 34.7 Å². The molecular formula is C42H48N4O7. The number of carbonyl (C=O) groups excluding carboxylic acids is 1. The number of fused-ring (bicyclic) bond motifs is 6. The Bertz CT molecular complexity index is 2110. The van der Waals surface area contributed by atoms with Crippen molar-refractivity contribution in [2.45, 2.75) is 108 Å². The molecule has 278 valence electrons. The third kappa shape index (κ3) is 7.68. The summed E-state index contributed by atoms with van der Waals surface area (Å²) in [6.07, 6.45) is 10.5. The number of hydrogen-bond acceptors (Lipinski definition) is 9. The van der Waals surface area contributed by atoms with Crippen molar-refractivity contribution in [2.24, 2.45) is 22.8 Å². The minimum atomic E-state index is -1.10. The first kappa shape index (κ1) is 36.6. The molecule has 0 amide bonds. The Hall–Kier alpha value is -4.75. The standard InChI is InChI=1S/C42H48N4O7/c1-2-5-29(47)19-31(49)20-30(48)8-6-25-18-39-38(21-37(25)51)52-15-14-42(12-3-4-13-42)34-10-11-36(50)32-9-7-26(40(43)44)16-27(32)17-28-22-45-35-24-46(23-33(28)35)41(34)53-39/h7,9,16,18,21-24,29,31,34,36,40-41,45,47,49-51H,2-6,8,12-13,17,19-20,43-44H2,1H3/t29-,31+,34+,36-,41+/m0/s1. The van der Waals surface area contributed by atoms with Crippen LogP contribution in [0, 0.1) is 35.2 Å². The van der Waals surface area contributed by atoms with Gasteiger partial charge in [0, 0.05) is 49.3 Å². The number of benzene rings is 2. The lowest BCUT2D eigenvalue weighted by Crippen LogP contribution is -2.35. The van der Waals surface area contributed by atoms with Crippen LogP contribution in [-0.4, -0.2) is 48.0 Å². The van der Waals surface area contributed by atoms with E-state index < -0.39 is 42.0 Å². The van der Waals surface area contributed by atoms with Gasteiger partial charge in [0.05, 0.1) is 35.2 Å². The summed E-state index contributed by atoms with van der Waals surface area (Å²) in [7, 11) is 0. The molecule has 0 saturated heterocycles. The maximum Gasteiger partial charge on any atom is 0.191 e. The summed E-state index contributed by atoms with van der Waals surface area (Å²) in [6.45, 7) is 1.95. The average Bonchev–Trinajstić information content (AvgIpc) is 3.86. The molecule has 11 nitrogen and oxygen atoms in total. The van der Waals surface area contributed by atoms with Crippen LogP contribution in [0.1, 0.15) is 111 Å². The topological polar surface area (TPSA) is 189 Å². The predicted octanol–water partition coefficient (Wildman–Crippen LogP) is 5.14. The number of aromatic hydroxyl groups is 1. The molecular weight excluding hydrogens is 672 g/mol. The Morgan fingerprint density at radius 3 is 2.66 bits per heavy atom. The van der Waals surface area contributed by atoms with Gasteiger partial charge in [-0.25, -0.2) is 0 Å². The van der Waals surface area contributed by atoms with E-state index in [1.165, 1.54) is 6.07 Å². The fraction of sp³-hybridized carbons (Fsp3) is 0.452. The molecule has 1 saturated carbocycles. The molecule has 1 spiro atoms. The van der Waals surface area contributed by atoms with Crippen LogP contribution in [-0.2, 0) is 17.6 Å². The number of hydrogen-bond donors (Lipinski definition) is 7. The number of aromatic nitrogens is 2. The van der Waals surface area contributed by atoms with E-state index in [2.05, 4.69) is 28.9 Å². The number of carbonyl (C=O) groups is 1. The minimum absolute atomic E-state index is 0.0646. The minimum Gasteiger partial charge on any atom is -0.508 e. The van der Waals surface area contributed by atoms with E-state index in [1.807, 2.05) is 48.3 Å². The van der Waals surface area contributed by atoms with Gasteiger partial charge in [-0.1, -0.05) is 62.1 Å². The van der Waals surface area contributed by atoms with Gasteiger partial charge < -0.3 is 50.9 Å². The summed E-state index contributed by atoms with van der Waals surface area (Å²) in [5, 5.41) is 44.1. The Balaban J connectivity index is 1.26. The molecule has 2 bridgehead atoms. The quantitative estimate of drug-likeness (QED) is 0.0859. The highest BCUT2D eigenvalue weighted by Gasteiger charge is 2.46. The summed E-state index contributed by atoms with van der Waals surface area (Å²) < 4.78 is 14.9. The maximum atomic E-state index is 12.9. The van der Waals surface area contributed by atoms with Crippen molar-refractivity contribution >= 4 is 16.7 Å². The van der Waals surface area contributed by atoms with E-state index in [0.29, 0.717) is 29.7 Å². The van der Waals surface area contributed by atoms with Crippen molar-refractivity contribution in [3.05, 3.63) is 76.7 Å². The second-order valence-corrected chi connectivity index (χ2v) is 14.9. The molecule has 53 heavy (non-hydrogen) atoms. The summed E-state index contributed by atoms with van der Waals surface area (Å²) in [6, 6.07) is 8.76. The fourth-order valence-electron chi connectivity index (χ4n) is 8.15. The summed E-state index contributed by atoms with van der Waals surface area (Å²) >= 11 is 0. The van der Waals surface area contributed by atoms with E-state index in [-0.39, 0.29) is 43.0 Å². The zero-order chi connectivity index (χ0) is 37.3. The number of ether oxygens (including phenoxy) is 2.